The number of hydrogen-bond acceptors (Lipinski definition) is 2. The molecule has 0 aliphatic heterocycles. The molecule has 0 rings (SSSR count). The summed E-state index contributed by atoms with van der Waals surface area (Å²) < 4.78 is 34.6. The van der Waals surface area contributed by atoms with Crippen LogP contribution in [0.1, 0.15) is 6.92 Å². The van der Waals surface area contributed by atoms with Crippen molar-refractivity contribution >= 4 is 0 Å². The van der Waals surface area contributed by atoms with Gasteiger partial charge in [-0.1, -0.05) is 0 Å². The van der Waals surface area contributed by atoms with Gasteiger partial charge in [0, 0.05) is 12.6 Å². The van der Waals surface area contributed by atoms with E-state index in [1.54, 1.807) is 7.05 Å². The topological polar surface area (TPSA) is 24.1 Å². The molecule has 0 radical (unpaired) electrons. The predicted octanol–water partition coefficient (Wildman–Crippen LogP) is 0.746. The molecule has 0 spiro atoms. The molecule has 2 N–H and O–H groups in total. The number of halogens is 3. The highest BCUT2D eigenvalue weighted by molar-refractivity contribution is 4.63. The van der Waals surface area contributed by atoms with Crippen LogP contribution in [0.5, 0.6) is 0 Å². The van der Waals surface area contributed by atoms with Gasteiger partial charge in [-0.05, 0) is 14.0 Å². The summed E-state index contributed by atoms with van der Waals surface area (Å²) in [5, 5.41) is 5.11. The van der Waals surface area contributed by atoms with Gasteiger partial charge in [0.15, 0.2) is 0 Å². The lowest BCUT2D eigenvalue weighted by Gasteiger charge is -2.12. The SMILES string of the molecule is CNC(C)CNCC(F)(F)F. The Hall–Kier alpha value is -0.290. The molecule has 0 aromatic heterocycles. The molecule has 1 unspecified atom stereocenters. The van der Waals surface area contributed by atoms with E-state index in [0.29, 0.717) is 6.54 Å². The van der Waals surface area contributed by atoms with Gasteiger partial charge in [-0.2, -0.15) is 13.2 Å². The summed E-state index contributed by atoms with van der Waals surface area (Å²) in [4.78, 5) is 0. The molecule has 11 heavy (non-hydrogen) atoms. The summed E-state index contributed by atoms with van der Waals surface area (Å²) in [7, 11) is 1.71. The van der Waals surface area contributed by atoms with Crippen LogP contribution in [0.4, 0.5) is 13.2 Å². The molecule has 0 heterocycles. The van der Waals surface area contributed by atoms with Gasteiger partial charge >= 0.3 is 6.18 Å². The Morgan fingerprint density at radius 1 is 1.36 bits per heavy atom. The molecular formula is C6H13F3N2. The van der Waals surface area contributed by atoms with Gasteiger partial charge in [-0.25, -0.2) is 0 Å². The van der Waals surface area contributed by atoms with E-state index in [4.69, 9.17) is 0 Å². The van der Waals surface area contributed by atoms with Gasteiger partial charge in [0.25, 0.3) is 0 Å². The minimum Gasteiger partial charge on any atom is -0.316 e. The van der Waals surface area contributed by atoms with Crippen LogP contribution in [-0.2, 0) is 0 Å². The quantitative estimate of drug-likeness (QED) is 0.650. The molecular weight excluding hydrogens is 157 g/mol. The standard InChI is InChI=1S/C6H13F3N2/c1-5(10-2)3-11-4-6(7,8)9/h5,10-11H,3-4H2,1-2H3. The molecule has 0 saturated carbocycles. The molecule has 5 heteroatoms. The molecule has 1 atom stereocenters. The van der Waals surface area contributed by atoms with Crippen LogP contribution in [0.2, 0.25) is 0 Å². The van der Waals surface area contributed by atoms with Crippen LogP contribution < -0.4 is 10.6 Å². The summed E-state index contributed by atoms with van der Waals surface area (Å²) >= 11 is 0. The summed E-state index contributed by atoms with van der Waals surface area (Å²) in [6, 6.07) is 0.0670. The second kappa shape index (κ2) is 4.56. The Labute approximate surface area is 64.2 Å². The average molecular weight is 170 g/mol. The van der Waals surface area contributed by atoms with Crippen molar-refractivity contribution in [3.8, 4) is 0 Å². The monoisotopic (exact) mass is 170 g/mol. The summed E-state index contributed by atoms with van der Waals surface area (Å²) in [6.07, 6.45) is -4.10. The van der Waals surface area contributed by atoms with Crippen molar-refractivity contribution in [2.24, 2.45) is 0 Å². The van der Waals surface area contributed by atoms with E-state index < -0.39 is 12.7 Å². The van der Waals surface area contributed by atoms with Gasteiger partial charge in [-0.3, -0.25) is 0 Å². The van der Waals surface area contributed by atoms with Crippen LogP contribution in [0, 0.1) is 0 Å². The first-order valence-corrected chi connectivity index (χ1v) is 3.40. The lowest BCUT2D eigenvalue weighted by Crippen LogP contribution is -2.38. The maximum absolute atomic E-state index is 11.5. The minimum absolute atomic E-state index is 0.0670. The van der Waals surface area contributed by atoms with Crippen LogP contribution in [0.3, 0.4) is 0 Å². The highest BCUT2D eigenvalue weighted by Crippen LogP contribution is 2.11. The van der Waals surface area contributed by atoms with Crippen LogP contribution in [0.25, 0.3) is 0 Å². The van der Waals surface area contributed by atoms with Crippen LogP contribution in [0.15, 0.2) is 0 Å². The molecule has 0 fully saturated rings. The molecule has 2 nitrogen and oxygen atoms in total. The van der Waals surface area contributed by atoms with E-state index in [0.717, 1.165) is 0 Å². The van der Waals surface area contributed by atoms with Gasteiger partial charge < -0.3 is 10.6 Å². The molecule has 0 bridgehead atoms. The van der Waals surface area contributed by atoms with E-state index in [1.165, 1.54) is 0 Å². The minimum atomic E-state index is -4.10. The first-order valence-electron chi connectivity index (χ1n) is 3.40. The van der Waals surface area contributed by atoms with Crippen LogP contribution >= 0.6 is 0 Å². The Balaban J connectivity index is 3.28. The van der Waals surface area contributed by atoms with E-state index in [9.17, 15) is 13.2 Å². The fraction of sp³-hybridized carbons (Fsp3) is 1.00. The lowest BCUT2D eigenvalue weighted by atomic mass is 10.3. The third-order valence-corrected chi connectivity index (χ3v) is 1.27. The first-order chi connectivity index (χ1) is 4.95. The molecule has 68 valence electrons. The zero-order valence-electron chi connectivity index (χ0n) is 6.63. The van der Waals surface area contributed by atoms with Crippen molar-refractivity contribution in [1.82, 2.24) is 10.6 Å². The Morgan fingerprint density at radius 3 is 2.27 bits per heavy atom. The number of hydrogen-bond donors (Lipinski definition) is 2. The van der Waals surface area contributed by atoms with Gasteiger partial charge in [0.05, 0.1) is 6.54 Å². The third kappa shape index (κ3) is 7.61. The number of likely N-dealkylation sites (N-methyl/N-ethyl adjacent to an activating group) is 1. The number of nitrogens with one attached hydrogen (secondary N) is 2. The van der Waals surface area contributed by atoms with Crippen molar-refractivity contribution in [2.45, 2.75) is 19.1 Å². The Bertz CT molecular complexity index is 102. The molecule has 0 aliphatic rings. The van der Waals surface area contributed by atoms with Gasteiger partial charge in [0.2, 0.25) is 0 Å². The average Bonchev–Trinajstić information content (AvgIpc) is 1.85. The Kier molecular flexibility index (Phi) is 4.44. The third-order valence-electron chi connectivity index (χ3n) is 1.27. The van der Waals surface area contributed by atoms with Gasteiger partial charge in [-0.15, -0.1) is 0 Å². The predicted molar refractivity (Wildman–Crippen MR) is 37.4 cm³/mol. The van der Waals surface area contributed by atoms with Crippen molar-refractivity contribution < 1.29 is 13.2 Å². The van der Waals surface area contributed by atoms with E-state index in [2.05, 4.69) is 10.6 Å². The summed E-state index contributed by atoms with van der Waals surface area (Å²) in [5.41, 5.74) is 0. The van der Waals surface area contributed by atoms with E-state index in [1.807, 2.05) is 6.92 Å². The normalized spacial score (nSPS) is 15.0. The molecule has 0 aromatic rings. The summed E-state index contributed by atoms with van der Waals surface area (Å²) in [6.45, 7) is 1.22. The fourth-order valence-electron chi connectivity index (χ4n) is 0.532. The maximum atomic E-state index is 11.5. The van der Waals surface area contributed by atoms with Crippen molar-refractivity contribution in [2.75, 3.05) is 20.1 Å². The molecule has 0 aliphatic carbocycles. The molecule has 0 aromatic carbocycles. The molecule has 0 amide bonds. The second-order valence-electron chi connectivity index (χ2n) is 2.44. The first kappa shape index (κ1) is 10.7. The number of alkyl halides is 3. The lowest BCUT2D eigenvalue weighted by molar-refractivity contribution is -0.124. The summed E-state index contributed by atoms with van der Waals surface area (Å²) in [5.74, 6) is 0. The van der Waals surface area contributed by atoms with E-state index >= 15 is 0 Å². The van der Waals surface area contributed by atoms with Crippen LogP contribution in [-0.4, -0.2) is 32.4 Å². The number of rotatable bonds is 4. The van der Waals surface area contributed by atoms with Crippen molar-refractivity contribution in [3.05, 3.63) is 0 Å². The maximum Gasteiger partial charge on any atom is 0.401 e. The van der Waals surface area contributed by atoms with Crippen molar-refractivity contribution in [1.29, 1.82) is 0 Å². The molecule has 0 saturated heterocycles. The van der Waals surface area contributed by atoms with Gasteiger partial charge in [0.1, 0.15) is 0 Å². The highest BCUT2D eigenvalue weighted by atomic mass is 19.4. The van der Waals surface area contributed by atoms with E-state index in [-0.39, 0.29) is 6.04 Å². The Morgan fingerprint density at radius 2 is 1.91 bits per heavy atom. The zero-order valence-corrected chi connectivity index (χ0v) is 6.63. The fourth-order valence-corrected chi connectivity index (χ4v) is 0.532. The largest absolute Gasteiger partial charge is 0.401 e. The second-order valence-corrected chi connectivity index (χ2v) is 2.44. The smallest absolute Gasteiger partial charge is 0.316 e. The zero-order chi connectivity index (χ0) is 8.91. The highest BCUT2D eigenvalue weighted by Gasteiger charge is 2.26. The van der Waals surface area contributed by atoms with Crippen molar-refractivity contribution in [3.63, 3.8) is 0 Å².